The summed E-state index contributed by atoms with van der Waals surface area (Å²) in [6.45, 7) is 8.39. The monoisotopic (exact) mass is 674 g/mol. The molecule has 2 saturated heterocycles. The Morgan fingerprint density at radius 2 is 1.46 bits per heavy atom. The fourth-order valence-corrected chi connectivity index (χ4v) is 11.3. The molecule has 0 aromatic heterocycles. The number of nitrogens with zero attached hydrogens (tertiary/aromatic N) is 1. The van der Waals surface area contributed by atoms with Gasteiger partial charge in [-0.1, -0.05) is 93.6 Å². The lowest BCUT2D eigenvalue weighted by molar-refractivity contribution is -0.192. The summed E-state index contributed by atoms with van der Waals surface area (Å²) in [5.41, 5.74) is -1.44. The van der Waals surface area contributed by atoms with Crippen LogP contribution in [0.15, 0.2) is 84.9 Å². The minimum Gasteiger partial charge on any atom is -0.497 e. The number of benzene rings is 3. The minimum atomic E-state index is -3.13. The number of methoxy groups -OCH3 is 1. The fourth-order valence-electron chi connectivity index (χ4n) is 6.69. The first-order valence-electron chi connectivity index (χ1n) is 15.8. The molecule has 2 aliphatic rings. The van der Waals surface area contributed by atoms with E-state index in [-0.39, 0.29) is 19.7 Å². The van der Waals surface area contributed by atoms with Gasteiger partial charge in [0.2, 0.25) is 5.91 Å². The summed E-state index contributed by atoms with van der Waals surface area (Å²) in [6, 6.07) is 26.9. The predicted molar refractivity (Wildman–Crippen MR) is 179 cm³/mol. The molecule has 2 heterocycles. The average molecular weight is 675 g/mol. The summed E-state index contributed by atoms with van der Waals surface area (Å²) in [6.07, 6.45) is -3.89. The molecular weight excluding hydrogens is 632 g/mol. The highest BCUT2D eigenvalue weighted by molar-refractivity contribution is 6.99. The van der Waals surface area contributed by atoms with Crippen molar-refractivity contribution in [2.45, 2.75) is 70.2 Å². The third-order valence-corrected chi connectivity index (χ3v) is 13.7. The molecular formula is C36H42N2O9Si. The summed E-state index contributed by atoms with van der Waals surface area (Å²) in [7, 11) is -1.57. The second kappa shape index (κ2) is 13.9. The van der Waals surface area contributed by atoms with Gasteiger partial charge < -0.3 is 33.6 Å². The first-order valence-corrected chi connectivity index (χ1v) is 17.7. The largest absolute Gasteiger partial charge is 0.497 e. The van der Waals surface area contributed by atoms with Crippen LogP contribution < -0.4 is 20.4 Å². The average Bonchev–Trinajstić information content (AvgIpc) is 3.31. The first kappa shape index (κ1) is 34.8. The van der Waals surface area contributed by atoms with Gasteiger partial charge in [-0.25, -0.2) is 0 Å². The normalized spacial score (nSPS) is 22.7. The number of ether oxygens (including phenoxy) is 4. The van der Waals surface area contributed by atoms with Crippen LogP contribution in [0, 0.1) is 0 Å². The van der Waals surface area contributed by atoms with Crippen molar-refractivity contribution < 1.29 is 42.6 Å². The molecule has 3 aromatic carbocycles. The second-order valence-electron chi connectivity index (χ2n) is 13.0. The number of carbonyl (C=O) groups excluding carboxylic acids is 4. The lowest BCUT2D eigenvalue weighted by Gasteiger charge is -2.43. The van der Waals surface area contributed by atoms with E-state index < -0.39 is 61.1 Å². The molecule has 0 bridgehead atoms. The molecule has 1 spiro atoms. The van der Waals surface area contributed by atoms with E-state index in [4.69, 9.17) is 23.4 Å². The van der Waals surface area contributed by atoms with Gasteiger partial charge in [-0.05, 0) is 33.1 Å². The van der Waals surface area contributed by atoms with Gasteiger partial charge in [0, 0.05) is 20.4 Å². The van der Waals surface area contributed by atoms with E-state index in [9.17, 15) is 19.2 Å². The van der Waals surface area contributed by atoms with E-state index in [1.165, 1.54) is 18.7 Å². The van der Waals surface area contributed by atoms with Crippen LogP contribution in [-0.2, 0) is 44.4 Å². The number of carbonyl (C=O) groups is 4. The zero-order valence-corrected chi connectivity index (χ0v) is 29.1. The number of piperazine rings is 1. The molecule has 1 N–H and O–H groups in total. The van der Waals surface area contributed by atoms with Crippen molar-refractivity contribution in [3.8, 4) is 5.75 Å². The molecule has 3 aromatic rings. The number of hydrogen-bond donors (Lipinski definition) is 1. The maximum absolute atomic E-state index is 14.4. The highest BCUT2D eigenvalue weighted by atomic mass is 28.4. The van der Waals surface area contributed by atoms with Crippen LogP contribution in [0.5, 0.6) is 5.75 Å². The number of nitrogens with one attached hydrogen (secondary N) is 1. The van der Waals surface area contributed by atoms with Crippen molar-refractivity contribution in [2.24, 2.45) is 0 Å². The molecule has 0 unspecified atom stereocenters. The molecule has 2 fully saturated rings. The van der Waals surface area contributed by atoms with E-state index in [0.29, 0.717) is 5.75 Å². The van der Waals surface area contributed by atoms with Crippen LogP contribution in [-0.4, -0.2) is 81.3 Å². The minimum absolute atomic E-state index is 0.0651. The van der Waals surface area contributed by atoms with Gasteiger partial charge in [0.15, 0.2) is 12.2 Å². The van der Waals surface area contributed by atoms with Gasteiger partial charge >= 0.3 is 11.9 Å². The highest BCUT2D eigenvalue weighted by Crippen LogP contribution is 2.41. The van der Waals surface area contributed by atoms with Crippen LogP contribution in [0.2, 0.25) is 5.04 Å². The van der Waals surface area contributed by atoms with Crippen molar-refractivity contribution in [1.29, 1.82) is 0 Å². The SMILES string of the molecule is COc1ccc(CN2CC(=O)N[C@@]3(O[C@H](CO[Si](c4ccccc4)(c4ccccc4)C(C)(C)C)[C@@H](OC(C)=O)[C@H]3OC(C)=O)C2=O)cc1. The lowest BCUT2D eigenvalue weighted by Crippen LogP contribution is -2.71. The second-order valence-corrected chi connectivity index (χ2v) is 17.3. The molecule has 48 heavy (non-hydrogen) atoms. The number of hydrogen-bond acceptors (Lipinski definition) is 9. The van der Waals surface area contributed by atoms with Crippen LogP contribution in [0.4, 0.5) is 0 Å². The fraction of sp³-hybridized carbons (Fsp3) is 0.389. The van der Waals surface area contributed by atoms with Crippen LogP contribution in [0.25, 0.3) is 0 Å². The van der Waals surface area contributed by atoms with Gasteiger partial charge in [-0.15, -0.1) is 0 Å². The Balaban J connectivity index is 1.56. The number of rotatable bonds is 10. The van der Waals surface area contributed by atoms with Crippen molar-refractivity contribution >= 4 is 42.4 Å². The van der Waals surface area contributed by atoms with E-state index >= 15 is 0 Å². The van der Waals surface area contributed by atoms with Crippen molar-refractivity contribution in [3.05, 3.63) is 90.5 Å². The van der Waals surface area contributed by atoms with E-state index in [0.717, 1.165) is 15.9 Å². The van der Waals surface area contributed by atoms with Crippen LogP contribution in [0.3, 0.4) is 0 Å². The smallest absolute Gasteiger partial charge is 0.303 e. The van der Waals surface area contributed by atoms with Crippen molar-refractivity contribution in [1.82, 2.24) is 10.2 Å². The van der Waals surface area contributed by atoms with Crippen LogP contribution in [0.1, 0.15) is 40.2 Å². The Labute approximate surface area is 281 Å². The topological polar surface area (TPSA) is 130 Å². The Morgan fingerprint density at radius 3 is 1.96 bits per heavy atom. The molecule has 2 amide bonds. The Morgan fingerprint density at radius 1 is 0.896 bits per heavy atom. The molecule has 2 aliphatic heterocycles. The van der Waals surface area contributed by atoms with Gasteiger partial charge in [-0.3, -0.25) is 19.2 Å². The Bertz CT molecular complexity index is 1590. The Kier molecular flexibility index (Phi) is 10.1. The number of amides is 2. The quantitative estimate of drug-likeness (QED) is 0.255. The molecule has 0 saturated carbocycles. The molecule has 0 aliphatic carbocycles. The maximum Gasteiger partial charge on any atom is 0.303 e. The molecule has 11 nitrogen and oxygen atoms in total. The molecule has 4 atom stereocenters. The van der Waals surface area contributed by atoms with Crippen molar-refractivity contribution in [3.63, 3.8) is 0 Å². The van der Waals surface area contributed by atoms with Crippen molar-refractivity contribution in [2.75, 3.05) is 20.3 Å². The van der Waals surface area contributed by atoms with E-state index in [1.54, 1.807) is 31.4 Å². The lowest BCUT2D eigenvalue weighted by atomic mass is 9.98. The molecule has 12 heteroatoms. The third-order valence-electron chi connectivity index (χ3n) is 8.68. The van der Waals surface area contributed by atoms with Gasteiger partial charge in [0.1, 0.15) is 18.4 Å². The summed E-state index contributed by atoms with van der Waals surface area (Å²) in [5.74, 6) is -1.97. The standard InChI is InChI=1S/C36H42N2O9Si/c1-24(39)45-32-30(23-44-48(35(3,4)5,28-13-9-7-10-14-28)29-15-11-8-12-16-29)47-36(33(32)46-25(2)40)34(42)38(22-31(41)37-36)21-26-17-19-27(43-6)20-18-26/h7-20,30,32-33H,21-23H2,1-6H3,(H,37,41)/t30-,32-,33-,36+/m1/s1. The summed E-state index contributed by atoms with van der Waals surface area (Å²) in [4.78, 5) is 54.0. The van der Waals surface area contributed by atoms with E-state index in [2.05, 4.69) is 26.1 Å². The zero-order chi connectivity index (χ0) is 34.7. The summed E-state index contributed by atoms with van der Waals surface area (Å²) >= 11 is 0. The van der Waals surface area contributed by atoms with E-state index in [1.807, 2.05) is 60.7 Å². The van der Waals surface area contributed by atoms with Gasteiger partial charge in [0.05, 0.1) is 13.7 Å². The third kappa shape index (κ3) is 6.73. The first-order chi connectivity index (χ1) is 22.8. The highest BCUT2D eigenvalue weighted by Gasteiger charge is 2.67. The summed E-state index contributed by atoms with van der Waals surface area (Å²) < 4.78 is 30.3. The molecule has 5 rings (SSSR count). The zero-order valence-electron chi connectivity index (χ0n) is 28.1. The van der Waals surface area contributed by atoms with Crippen LogP contribution >= 0.6 is 0 Å². The predicted octanol–water partition coefficient (Wildman–Crippen LogP) is 2.69. The maximum atomic E-state index is 14.4. The summed E-state index contributed by atoms with van der Waals surface area (Å²) in [5, 5.41) is 4.28. The van der Waals surface area contributed by atoms with Gasteiger partial charge in [-0.2, -0.15) is 0 Å². The number of esters is 2. The molecule has 254 valence electrons. The van der Waals surface area contributed by atoms with Gasteiger partial charge in [0.25, 0.3) is 19.9 Å². The Hall–Kier alpha value is -4.52. The molecule has 0 radical (unpaired) electrons.